The molecule has 2 heterocycles. The van der Waals surface area contributed by atoms with Gasteiger partial charge >= 0.3 is 0 Å². The molecule has 3 unspecified atom stereocenters. The Morgan fingerprint density at radius 3 is 2.89 bits per heavy atom. The van der Waals surface area contributed by atoms with Crippen LogP contribution in [-0.4, -0.2) is 64.0 Å². The average Bonchev–Trinajstić information content (AvgIpc) is 3.11. The number of thiophene rings is 1. The first kappa shape index (κ1) is 22.2. The predicted molar refractivity (Wildman–Crippen MR) is 115 cm³/mol. The normalized spacial score (nSPS) is 23.2. The summed E-state index contributed by atoms with van der Waals surface area (Å²) >= 11 is 1.82. The van der Waals surface area contributed by atoms with Gasteiger partial charge in [0.25, 0.3) is 0 Å². The number of aliphatic imine (C=N–C) groups is 1. The van der Waals surface area contributed by atoms with Crippen molar-refractivity contribution in [1.29, 1.82) is 0 Å². The van der Waals surface area contributed by atoms with Crippen molar-refractivity contribution >= 4 is 27.1 Å². The van der Waals surface area contributed by atoms with Crippen molar-refractivity contribution in [3.05, 3.63) is 22.4 Å². The molecule has 27 heavy (non-hydrogen) atoms. The molecule has 0 aromatic carbocycles. The SMILES string of the molecule is CCNC(=NCC1CCCN(C)C1c1cccs1)NC(C)CCS(C)(=O)=O. The Kier molecular flexibility index (Phi) is 8.57. The van der Waals surface area contributed by atoms with Crippen LogP contribution >= 0.6 is 11.3 Å². The fourth-order valence-corrected chi connectivity index (χ4v) is 5.35. The van der Waals surface area contributed by atoms with Gasteiger partial charge in [-0.3, -0.25) is 9.89 Å². The Labute approximate surface area is 168 Å². The monoisotopic (exact) mass is 414 g/mol. The molecule has 3 atom stereocenters. The van der Waals surface area contributed by atoms with E-state index in [0.29, 0.717) is 18.4 Å². The first-order valence-electron chi connectivity index (χ1n) is 9.76. The molecule has 154 valence electrons. The van der Waals surface area contributed by atoms with Crippen molar-refractivity contribution in [3.8, 4) is 0 Å². The summed E-state index contributed by atoms with van der Waals surface area (Å²) in [5.41, 5.74) is 0. The molecule has 1 aromatic heterocycles. The zero-order valence-corrected chi connectivity index (χ0v) is 18.6. The summed E-state index contributed by atoms with van der Waals surface area (Å²) in [5.74, 6) is 1.45. The Hall–Kier alpha value is -1.12. The third-order valence-corrected chi connectivity index (χ3v) is 6.89. The van der Waals surface area contributed by atoms with Gasteiger partial charge < -0.3 is 10.6 Å². The van der Waals surface area contributed by atoms with Crippen LogP contribution in [-0.2, 0) is 9.84 Å². The molecular weight excluding hydrogens is 380 g/mol. The van der Waals surface area contributed by atoms with E-state index in [0.717, 1.165) is 25.6 Å². The van der Waals surface area contributed by atoms with Crippen LogP contribution in [0, 0.1) is 5.92 Å². The van der Waals surface area contributed by atoms with Gasteiger partial charge in [0.1, 0.15) is 9.84 Å². The Morgan fingerprint density at radius 2 is 2.26 bits per heavy atom. The highest BCUT2D eigenvalue weighted by molar-refractivity contribution is 7.90. The van der Waals surface area contributed by atoms with Crippen LogP contribution in [0.5, 0.6) is 0 Å². The topological polar surface area (TPSA) is 73.8 Å². The summed E-state index contributed by atoms with van der Waals surface area (Å²) in [5, 5.41) is 8.79. The molecule has 1 aromatic rings. The number of piperidine rings is 1. The number of hydrogen-bond donors (Lipinski definition) is 2. The van der Waals surface area contributed by atoms with Crippen LogP contribution in [0.25, 0.3) is 0 Å². The minimum atomic E-state index is -2.94. The second kappa shape index (κ2) is 10.4. The second-order valence-electron chi connectivity index (χ2n) is 7.53. The van der Waals surface area contributed by atoms with E-state index in [1.54, 1.807) is 0 Å². The average molecular weight is 415 g/mol. The van der Waals surface area contributed by atoms with Crippen LogP contribution in [0.15, 0.2) is 22.5 Å². The molecule has 2 rings (SSSR count). The van der Waals surface area contributed by atoms with Gasteiger partial charge in [0.15, 0.2) is 5.96 Å². The maximum Gasteiger partial charge on any atom is 0.191 e. The molecule has 0 radical (unpaired) electrons. The molecule has 2 N–H and O–H groups in total. The van der Waals surface area contributed by atoms with Gasteiger partial charge in [-0.2, -0.15) is 0 Å². The third-order valence-electron chi connectivity index (χ3n) is 4.97. The molecule has 0 aliphatic carbocycles. The zero-order chi connectivity index (χ0) is 19.9. The maximum absolute atomic E-state index is 11.4. The highest BCUT2D eigenvalue weighted by atomic mass is 32.2. The van der Waals surface area contributed by atoms with Crippen molar-refractivity contribution in [2.24, 2.45) is 10.9 Å². The van der Waals surface area contributed by atoms with Crippen LogP contribution in [0.2, 0.25) is 0 Å². The van der Waals surface area contributed by atoms with Gasteiger partial charge in [0.2, 0.25) is 0 Å². The lowest BCUT2D eigenvalue weighted by Crippen LogP contribution is -2.43. The van der Waals surface area contributed by atoms with E-state index in [2.05, 4.69) is 40.1 Å². The standard InChI is InChI=1S/C19H34N4O2S2/c1-5-20-19(22-15(2)10-13-27(4,24)25)21-14-16-8-6-11-23(3)18(16)17-9-7-12-26-17/h7,9,12,15-16,18H,5-6,8,10-11,13-14H2,1-4H3,(H2,20,21,22). The quantitative estimate of drug-likeness (QED) is 0.505. The number of guanidine groups is 1. The van der Waals surface area contributed by atoms with Crippen molar-refractivity contribution in [3.63, 3.8) is 0 Å². The fraction of sp³-hybridized carbons (Fsp3) is 0.737. The van der Waals surface area contributed by atoms with Gasteiger partial charge in [-0.25, -0.2) is 8.42 Å². The van der Waals surface area contributed by atoms with Crippen LogP contribution in [0.3, 0.4) is 0 Å². The van der Waals surface area contributed by atoms with Crippen molar-refractivity contribution in [1.82, 2.24) is 15.5 Å². The van der Waals surface area contributed by atoms with E-state index < -0.39 is 9.84 Å². The molecular formula is C19H34N4O2S2. The zero-order valence-electron chi connectivity index (χ0n) is 16.9. The molecule has 1 aliphatic rings. The van der Waals surface area contributed by atoms with E-state index in [1.165, 1.54) is 24.0 Å². The molecule has 0 saturated carbocycles. The van der Waals surface area contributed by atoms with Gasteiger partial charge in [0.05, 0.1) is 5.75 Å². The maximum atomic E-state index is 11.4. The first-order chi connectivity index (χ1) is 12.8. The summed E-state index contributed by atoms with van der Waals surface area (Å²) in [6.07, 6.45) is 4.24. The van der Waals surface area contributed by atoms with E-state index in [-0.39, 0.29) is 11.8 Å². The van der Waals surface area contributed by atoms with Gasteiger partial charge in [-0.05, 0) is 64.1 Å². The van der Waals surface area contributed by atoms with E-state index in [1.807, 2.05) is 25.2 Å². The number of hydrogen-bond acceptors (Lipinski definition) is 5. The molecule has 0 amide bonds. The number of sulfone groups is 1. The Balaban J connectivity index is 2.01. The summed E-state index contributed by atoms with van der Waals surface area (Å²) in [4.78, 5) is 8.70. The molecule has 8 heteroatoms. The van der Waals surface area contributed by atoms with Crippen molar-refractivity contribution < 1.29 is 8.42 Å². The largest absolute Gasteiger partial charge is 0.357 e. The molecule has 1 saturated heterocycles. The highest BCUT2D eigenvalue weighted by Crippen LogP contribution is 2.37. The van der Waals surface area contributed by atoms with E-state index in [9.17, 15) is 8.42 Å². The molecule has 6 nitrogen and oxygen atoms in total. The smallest absolute Gasteiger partial charge is 0.191 e. The summed E-state index contributed by atoms with van der Waals surface area (Å²) in [7, 11) is -0.735. The number of nitrogens with one attached hydrogen (secondary N) is 2. The van der Waals surface area contributed by atoms with E-state index >= 15 is 0 Å². The lowest BCUT2D eigenvalue weighted by molar-refractivity contribution is 0.128. The molecule has 0 bridgehead atoms. The first-order valence-corrected chi connectivity index (χ1v) is 12.7. The van der Waals surface area contributed by atoms with Gasteiger partial charge in [0, 0.05) is 36.3 Å². The Morgan fingerprint density at radius 1 is 1.48 bits per heavy atom. The molecule has 0 spiro atoms. The summed E-state index contributed by atoms with van der Waals surface area (Å²) in [6.45, 7) is 6.72. The summed E-state index contributed by atoms with van der Waals surface area (Å²) < 4.78 is 22.8. The highest BCUT2D eigenvalue weighted by Gasteiger charge is 2.31. The van der Waals surface area contributed by atoms with Crippen molar-refractivity contribution in [2.45, 2.75) is 45.2 Å². The molecule has 1 fully saturated rings. The summed E-state index contributed by atoms with van der Waals surface area (Å²) in [6, 6.07) is 4.83. The van der Waals surface area contributed by atoms with Gasteiger partial charge in [-0.1, -0.05) is 6.07 Å². The molecule has 1 aliphatic heterocycles. The number of nitrogens with zero attached hydrogens (tertiary/aromatic N) is 2. The van der Waals surface area contributed by atoms with Crippen molar-refractivity contribution in [2.75, 3.05) is 38.7 Å². The van der Waals surface area contributed by atoms with Gasteiger partial charge in [-0.15, -0.1) is 11.3 Å². The minimum absolute atomic E-state index is 0.0552. The van der Waals surface area contributed by atoms with Crippen LogP contribution in [0.1, 0.15) is 44.0 Å². The Bertz CT molecular complexity index is 689. The predicted octanol–water partition coefficient (Wildman–Crippen LogP) is 2.51. The van der Waals surface area contributed by atoms with E-state index in [4.69, 9.17) is 4.99 Å². The number of likely N-dealkylation sites (tertiary alicyclic amines) is 1. The fourth-order valence-electron chi connectivity index (χ4n) is 3.58. The number of rotatable bonds is 8. The minimum Gasteiger partial charge on any atom is -0.357 e. The third kappa shape index (κ3) is 7.43. The second-order valence-corrected chi connectivity index (χ2v) is 10.8. The lowest BCUT2D eigenvalue weighted by Gasteiger charge is -2.38. The van der Waals surface area contributed by atoms with Crippen LogP contribution < -0.4 is 10.6 Å². The lowest BCUT2D eigenvalue weighted by atomic mass is 9.88. The van der Waals surface area contributed by atoms with Crippen LogP contribution in [0.4, 0.5) is 0 Å².